The first-order valence-electron chi connectivity index (χ1n) is 6.44. The van der Waals surface area contributed by atoms with Crippen LogP contribution in [-0.2, 0) is 0 Å². The quantitative estimate of drug-likeness (QED) is 0.550. The minimum Gasteiger partial charge on any atom is -0.506 e. The van der Waals surface area contributed by atoms with Crippen LogP contribution in [0.25, 0.3) is 0 Å². The number of carbonyl (C=O) groups excluding carboxylic acids is 1. The van der Waals surface area contributed by atoms with E-state index >= 15 is 0 Å². The molecule has 8 heteroatoms. The lowest BCUT2D eigenvalue weighted by Gasteiger charge is -2.20. The fourth-order valence-electron chi connectivity index (χ4n) is 2.35. The van der Waals surface area contributed by atoms with Gasteiger partial charge in [0.25, 0.3) is 5.69 Å². The highest BCUT2D eigenvalue weighted by molar-refractivity contribution is 9.11. The van der Waals surface area contributed by atoms with Crippen LogP contribution < -0.4 is 0 Å². The van der Waals surface area contributed by atoms with Gasteiger partial charge in [-0.3, -0.25) is 19.9 Å². The lowest BCUT2D eigenvalue weighted by atomic mass is 9.88. The molecule has 0 bridgehead atoms. The number of nitro benzene ring substituents is 1. The summed E-state index contributed by atoms with van der Waals surface area (Å²) in [5, 5.41) is 20.7. The van der Waals surface area contributed by atoms with Gasteiger partial charge >= 0.3 is 0 Å². The second-order valence-corrected chi connectivity index (χ2v) is 6.53. The Bertz CT molecular complexity index is 863. The number of benzene rings is 2. The molecule has 116 valence electrons. The number of phenols is 1. The molecule has 1 heterocycles. The van der Waals surface area contributed by atoms with Crippen LogP contribution in [-0.4, -0.2) is 22.0 Å². The largest absolute Gasteiger partial charge is 0.506 e. The number of halogens is 2. The van der Waals surface area contributed by atoms with Crippen LogP contribution in [0.2, 0.25) is 0 Å². The second-order valence-electron chi connectivity index (χ2n) is 4.88. The summed E-state index contributed by atoms with van der Waals surface area (Å²) in [5.74, 6) is -0.963. The van der Waals surface area contributed by atoms with Crippen molar-refractivity contribution >= 4 is 55.2 Å². The predicted molar refractivity (Wildman–Crippen MR) is 91.8 cm³/mol. The smallest absolute Gasteiger partial charge is 0.269 e. The van der Waals surface area contributed by atoms with E-state index in [4.69, 9.17) is 0 Å². The molecule has 6 nitrogen and oxygen atoms in total. The summed E-state index contributed by atoms with van der Waals surface area (Å²) in [6.07, 6.45) is 1.50. The Kier molecular flexibility index (Phi) is 4.03. The summed E-state index contributed by atoms with van der Waals surface area (Å²) in [4.78, 5) is 27.2. The van der Waals surface area contributed by atoms with Crippen LogP contribution in [0.3, 0.4) is 0 Å². The van der Waals surface area contributed by atoms with E-state index in [1.165, 1.54) is 30.5 Å². The van der Waals surface area contributed by atoms with Gasteiger partial charge in [-0.05, 0) is 43.5 Å². The highest BCUT2D eigenvalue weighted by Crippen LogP contribution is 2.44. The lowest BCUT2D eigenvalue weighted by molar-refractivity contribution is -0.384. The van der Waals surface area contributed by atoms with Crippen LogP contribution in [0, 0.1) is 10.1 Å². The highest BCUT2D eigenvalue weighted by Gasteiger charge is 2.30. The third-order valence-corrected chi connectivity index (χ3v) is 4.90. The first kappa shape index (κ1) is 15.8. The molecule has 1 aliphatic rings. The zero-order chi connectivity index (χ0) is 16.7. The summed E-state index contributed by atoms with van der Waals surface area (Å²) < 4.78 is 0.706. The lowest BCUT2D eigenvalue weighted by Crippen LogP contribution is -2.18. The normalized spacial score (nSPS) is 16.3. The van der Waals surface area contributed by atoms with Gasteiger partial charge in [0.2, 0.25) is 0 Å². The summed E-state index contributed by atoms with van der Waals surface area (Å²) in [6, 6.07) is 7.32. The number of Topliss-reactive ketones (excluding diaryl/α,β-unsaturated/α-hetero) is 1. The Morgan fingerprint density at radius 1 is 1.22 bits per heavy atom. The number of hydrogen-bond donors (Lipinski definition) is 1. The first-order chi connectivity index (χ1) is 10.9. The maximum atomic E-state index is 12.7. The van der Waals surface area contributed by atoms with E-state index in [-0.39, 0.29) is 27.3 Å². The van der Waals surface area contributed by atoms with E-state index in [9.17, 15) is 20.0 Å². The molecule has 0 amide bonds. The molecular weight excluding hydrogens is 432 g/mol. The van der Waals surface area contributed by atoms with E-state index in [1.54, 1.807) is 6.07 Å². The van der Waals surface area contributed by atoms with Gasteiger partial charge in [-0.25, -0.2) is 0 Å². The van der Waals surface area contributed by atoms with Gasteiger partial charge in [-0.1, -0.05) is 12.1 Å². The summed E-state index contributed by atoms with van der Waals surface area (Å²) in [5.41, 5.74) is 1.29. The predicted octanol–water partition coefficient (Wildman–Crippen LogP) is 4.51. The Hall–Kier alpha value is -2.06. The number of carbonyl (C=O) groups is 1. The van der Waals surface area contributed by atoms with Crippen molar-refractivity contribution < 1.29 is 14.8 Å². The molecule has 2 aromatic carbocycles. The van der Waals surface area contributed by atoms with Gasteiger partial charge in [0.05, 0.1) is 31.0 Å². The monoisotopic (exact) mass is 438 g/mol. The van der Waals surface area contributed by atoms with Crippen molar-refractivity contribution in [1.82, 2.24) is 0 Å². The van der Waals surface area contributed by atoms with E-state index in [1.807, 2.05) is 0 Å². The van der Waals surface area contributed by atoms with Crippen molar-refractivity contribution in [3.05, 3.63) is 60.5 Å². The van der Waals surface area contributed by atoms with Crippen LogP contribution >= 0.6 is 31.9 Å². The van der Waals surface area contributed by atoms with E-state index in [0.717, 1.165) is 0 Å². The summed E-state index contributed by atoms with van der Waals surface area (Å²) >= 11 is 6.42. The van der Waals surface area contributed by atoms with Gasteiger partial charge in [0.15, 0.2) is 5.78 Å². The van der Waals surface area contributed by atoms with Crippen molar-refractivity contribution in [1.29, 1.82) is 0 Å². The molecule has 0 aliphatic carbocycles. The molecule has 1 aliphatic heterocycles. The molecule has 3 rings (SSSR count). The third kappa shape index (κ3) is 2.68. The number of nitro groups is 1. The zero-order valence-corrected chi connectivity index (χ0v) is 14.5. The number of rotatable bonds is 2. The van der Waals surface area contributed by atoms with Crippen LogP contribution in [0.4, 0.5) is 11.4 Å². The van der Waals surface area contributed by atoms with Gasteiger partial charge in [0.1, 0.15) is 5.75 Å². The van der Waals surface area contributed by atoms with Crippen molar-refractivity contribution in [3.8, 4) is 5.75 Å². The van der Waals surface area contributed by atoms with Crippen molar-refractivity contribution in [2.75, 3.05) is 0 Å². The molecule has 23 heavy (non-hydrogen) atoms. The molecule has 0 saturated carbocycles. The molecule has 0 saturated heterocycles. The topological polar surface area (TPSA) is 92.8 Å². The maximum Gasteiger partial charge on any atom is 0.269 e. The van der Waals surface area contributed by atoms with Gasteiger partial charge < -0.3 is 5.11 Å². The average molecular weight is 440 g/mol. The minimum atomic E-state index is -0.653. The van der Waals surface area contributed by atoms with Crippen molar-refractivity contribution in [2.24, 2.45) is 4.99 Å². The summed E-state index contributed by atoms with van der Waals surface area (Å²) in [7, 11) is 0. The summed E-state index contributed by atoms with van der Waals surface area (Å²) in [6.45, 7) is 0. The molecule has 2 aromatic rings. The SMILES string of the molecule is O=C1c2c(cc(Br)c(O)c2Br)N=CC1c1ccc([N+](=O)[O-])cc1. The molecule has 1 atom stereocenters. The first-order valence-corrected chi connectivity index (χ1v) is 8.02. The molecule has 1 N–H and O–H groups in total. The number of aromatic hydroxyl groups is 1. The molecule has 1 unspecified atom stereocenters. The minimum absolute atomic E-state index is 0.0443. The maximum absolute atomic E-state index is 12.7. The number of hydrogen-bond acceptors (Lipinski definition) is 5. The fraction of sp³-hybridized carbons (Fsp3) is 0.0667. The zero-order valence-electron chi connectivity index (χ0n) is 11.4. The third-order valence-electron chi connectivity index (χ3n) is 3.53. The van der Waals surface area contributed by atoms with Gasteiger partial charge in [-0.2, -0.15) is 0 Å². The Morgan fingerprint density at radius 3 is 2.48 bits per heavy atom. The molecule has 0 spiro atoms. The number of ketones is 1. The van der Waals surface area contributed by atoms with Gasteiger partial charge in [0, 0.05) is 18.3 Å². The number of nitrogens with zero attached hydrogens (tertiary/aromatic N) is 2. The van der Waals surface area contributed by atoms with E-state index < -0.39 is 10.8 Å². The van der Waals surface area contributed by atoms with Crippen molar-refractivity contribution in [2.45, 2.75) is 5.92 Å². The molecule has 0 radical (unpaired) electrons. The van der Waals surface area contributed by atoms with Crippen LogP contribution in [0.15, 0.2) is 44.3 Å². The Labute approximate surface area is 147 Å². The van der Waals surface area contributed by atoms with E-state index in [0.29, 0.717) is 15.7 Å². The standard InChI is InChI=1S/C15H8Br2N2O4/c16-10-5-11-12(13(17)15(10)21)14(20)9(6-18-11)7-1-3-8(4-2-7)19(22)23/h1-6,9,21H. The molecular formula is C15H8Br2N2O4. The molecule has 0 aromatic heterocycles. The number of aliphatic imine (C=N–C) groups is 1. The fourth-order valence-corrected chi connectivity index (χ4v) is 3.64. The molecule has 0 fully saturated rings. The highest BCUT2D eigenvalue weighted by atomic mass is 79.9. The van der Waals surface area contributed by atoms with Crippen LogP contribution in [0.5, 0.6) is 5.75 Å². The second kappa shape index (κ2) is 5.86. The Balaban J connectivity index is 2.05. The van der Waals surface area contributed by atoms with Gasteiger partial charge in [-0.15, -0.1) is 0 Å². The number of fused-ring (bicyclic) bond motifs is 1. The number of phenolic OH excluding ortho intramolecular Hbond substituents is 1. The van der Waals surface area contributed by atoms with E-state index in [2.05, 4.69) is 36.9 Å². The van der Waals surface area contributed by atoms with Crippen molar-refractivity contribution in [3.63, 3.8) is 0 Å². The van der Waals surface area contributed by atoms with Crippen LogP contribution in [0.1, 0.15) is 21.8 Å². The number of non-ortho nitro benzene ring substituents is 1. The Morgan fingerprint density at radius 2 is 1.87 bits per heavy atom. The average Bonchev–Trinajstić information content (AvgIpc) is 2.53.